The van der Waals surface area contributed by atoms with E-state index in [4.69, 9.17) is 23.2 Å². The summed E-state index contributed by atoms with van der Waals surface area (Å²) in [6.45, 7) is 5.12. The molecule has 0 saturated carbocycles. The van der Waals surface area contributed by atoms with Crippen molar-refractivity contribution in [3.05, 3.63) is 33.8 Å². The minimum atomic E-state index is 0.183. The van der Waals surface area contributed by atoms with E-state index in [1.165, 1.54) is 32.2 Å². The lowest BCUT2D eigenvalue weighted by molar-refractivity contribution is -0.132. The first-order valence-corrected chi connectivity index (χ1v) is 10.2. The molecule has 140 valence electrons. The van der Waals surface area contributed by atoms with Crippen molar-refractivity contribution >= 4 is 29.1 Å². The molecule has 0 radical (unpaired) electrons. The highest BCUT2D eigenvalue weighted by atomic mass is 35.5. The Bertz CT molecular complexity index is 557. The van der Waals surface area contributed by atoms with Crippen LogP contribution in [0.3, 0.4) is 0 Å². The summed E-state index contributed by atoms with van der Waals surface area (Å²) < 4.78 is 0. The minimum Gasteiger partial charge on any atom is -0.342 e. The predicted octanol–water partition coefficient (Wildman–Crippen LogP) is 5.04. The second-order valence-electron chi connectivity index (χ2n) is 7.08. The van der Waals surface area contributed by atoms with Gasteiger partial charge in [-0.05, 0) is 50.6 Å². The van der Waals surface area contributed by atoms with Crippen LogP contribution in [0.15, 0.2) is 18.2 Å². The first-order valence-electron chi connectivity index (χ1n) is 9.43. The highest BCUT2D eigenvalue weighted by Gasteiger charge is 2.25. The number of nitrogens with zero attached hydrogens (tertiary/aromatic N) is 2. The molecule has 1 heterocycles. The highest BCUT2D eigenvalue weighted by Crippen LogP contribution is 2.23. The van der Waals surface area contributed by atoms with Crippen LogP contribution in [0.1, 0.15) is 51.0 Å². The minimum absolute atomic E-state index is 0.183. The lowest BCUT2D eigenvalue weighted by Crippen LogP contribution is -2.46. The zero-order valence-corrected chi connectivity index (χ0v) is 17.0. The van der Waals surface area contributed by atoms with Crippen LogP contribution in [-0.4, -0.2) is 48.4 Å². The number of halogens is 2. The first-order chi connectivity index (χ1) is 12.0. The number of unbranched alkanes of at least 4 members (excludes halogenated alkanes) is 3. The number of hydrogen-bond donors (Lipinski definition) is 0. The van der Waals surface area contributed by atoms with Gasteiger partial charge in [0.15, 0.2) is 0 Å². The molecule has 0 aliphatic carbocycles. The Hall–Kier alpha value is -0.770. The van der Waals surface area contributed by atoms with E-state index in [1.54, 1.807) is 12.1 Å². The van der Waals surface area contributed by atoms with Gasteiger partial charge < -0.3 is 9.80 Å². The van der Waals surface area contributed by atoms with E-state index in [0.717, 1.165) is 31.5 Å². The smallest absolute Gasteiger partial charge is 0.226 e. The lowest BCUT2D eigenvalue weighted by atomic mass is 10.0. The fraction of sp³-hybridized carbons (Fsp3) is 0.650. The average Bonchev–Trinajstić information content (AvgIpc) is 2.62. The fourth-order valence-electron chi connectivity index (χ4n) is 3.46. The molecule has 1 saturated heterocycles. The zero-order chi connectivity index (χ0) is 18.2. The van der Waals surface area contributed by atoms with Crippen molar-refractivity contribution in [1.29, 1.82) is 0 Å². The van der Waals surface area contributed by atoms with Crippen molar-refractivity contribution in [2.24, 2.45) is 0 Å². The zero-order valence-electron chi connectivity index (χ0n) is 15.4. The molecule has 3 nitrogen and oxygen atoms in total. The van der Waals surface area contributed by atoms with E-state index in [1.807, 2.05) is 11.0 Å². The number of rotatable bonds is 8. The molecule has 2 rings (SSSR count). The maximum atomic E-state index is 12.5. The van der Waals surface area contributed by atoms with Gasteiger partial charge in [0.2, 0.25) is 5.91 Å². The summed E-state index contributed by atoms with van der Waals surface area (Å²) in [6.07, 6.45) is 7.74. The Morgan fingerprint density at radius 1 is 1.16 bits per heavy atom. The van der Waals surface area contributed by atoms with Crippen molar-refractivity contribution in [1.82, 2.24) is 9.80 Å². The summed E-state index contributed by atoms with van der Waals surface area (Å²) in [6, 6.07) is 6.03. The average molecular weight is 385 g/mol. The van der Waals surface area contributed by atoms with Gasteiger partial charge in [-0.1, -0.05) is 55.5 Å². The fourth-order valence-corrected chi connectivity index (χ4v) is 3.78. The molecular weight excluding hydrogens is 355 g/mol. The van der Waals surface area contributed by atoms with E-state index < -0.39 is 0 Å². The van der Waals surface area contributed by atoms with Crippen LogP contribution in [-0.2, 0) is 11.2 Å². The van der Waals surface area contributed by atoms with Gasteiger partial charge >= 0.3 is 0 Å². The molecule has 5 heteroatoms. The van der Waals surface area contributed by atoms with Gasteiger partial charge in [-0.15, -0.1) is 0 Å². The SMILES string of the molecule is CCCCCCN(C)C1CCN(C(=O)Cc2ccc(Cl)c(Cl)c2)CC1. The van der Waals surface area contributed by atoms with Crippen molar-refractivity contribution in [2.75, 3.05) is 26.7 Å². The molecule has 1 aromatic rings. The number of amides is 1. The van der Waals surface area contributed by atoms with Gasteiger partial charge in [0, 0.05) is 19.1 Å². The number of piperidine rings is 1. The van der Waals surface area contributed by atoms with E-state index in [2.05, 4.69) is 18.9 Å². The van der Waals surface area contributed by atoms with Crippen LogP contribution in [0, 0.1) is 0 Å². The van der Waals surface area contributed by atoms with Gasteiger partial charge in [-0.3, -0.25) is 4.79 Å². The molecule has 25 heavy (non-hydrogen) atoms. The second-order valence-corrected chi connectivity index (χ2v) is 7.89. The summed E-state index contributed by atoms with van der Waals surface area (Å²) in [5.74, 6) is 0.183. The maximum Gasteiger partial charge on any atom is 0.226 e. The Kier molecular flexibility index (Phi) is 8.54. The molecule has 1 amide bonds. The molecule has 0 unspecified atom stereocenters. The summed E-state index contributed by atoms with van der Waals surface area (Å²) in [5.41, 5.74) is 0.926. The number of hydrogen-bond acceptors (Lipinski definition) is 2. The van der Waals surface area contributed by atoms with Crippen molar-refractivity contribution < 1.29 is 4.79 Å². The van der Waals surface area contributed by atoms with Crippen LogP contribution in [0.25, 0.3) is 0 Å². The van der Waals surface area contributed by atoms with E-state index in [9.17, 15) is 4.79 Å². The molecule has 1 fully saturated rings. The van der Waals surface area contributed by atoms with E-state index >= 15 is 0 Å². The van der Waals surface area contributed by atoms with Crippen LogP contribution in [0.5, 0.6) is 0 Å². The molecule has 1 aromatic carbocycles. The molecule has 0 N–H and O–H groups in total. The third-order valence-electron chi connectivity index (χ3n) is 5.14. The largest absolute Gasteiger partial charge is 0.342 e. The quantitative estimate of drug-likeness (QED) is 0.586. The maximum absolute atomic E-state index is 12.5. The molecule has 0 aromatic heterocycles. The standard InChI is InChI=1S/C20H30Cl2N2O/c1-3-4-5-6-11-23(2)17-9-12-24(13-10-17)20(25)15-16-7-8-18(21)19(22)14-16/h7-8,14,17H,3-6,9-13,15H2,1-2H3. The van der Waals surface area contributed by atoms with Crippen LogP contribution in [0.2, 0.25) is 10.0 Å². The highest BCUT2D eigenvalue weighted by molar-refractivity contribution is 6.42. The molecule has 0 bridgehead atoms. The lowest BCUT2D eigenvalue weighted by Gasteiger charge is -2.37. The number of benzene rings is 1. The van der Waals surface area contributed by atoms with Gasteiger partial charge in [0.1, 0.15) is 0 Å². The Morgan fingerprint density at radius 3 is 2.52 bits per heavy atom. The Balaban J connectivity index is 1.75. The molecule has 0 spiro atoms. The summed E-state index contributed by atoms with van der Waals surface area (Å²) in [4.78, 5) is 17.0. The van der Waals surface area contributed by atoms with Crippen molar-refractivity contribution in [3.63, 3.8) is 0 Å². The van der Waals surface area contributed by atoms with Gasteiger partial charge in [0.05, 0.1) is 16.5 Å². The molecular formula is C20H30Cl2N2O. The van der Waals surface area contributed by atoms with Crippen molar-refractivity contribution in [3.8, 4) is 0 Å². The summed E-state index contributed by atoms with van der Waals surface area (Å²) in [7, 11) is 2.23. The first kappa shape index (κ1) is 20.5. The topological polar surface area (TPSA) is 23.6 Å². The molecule has 0 atom stereocenters. The van der Waals surface area contributed by atoms with Crippen LogP contribution >= 0.6 is 23.2 Å². The van der Waals surface area contributed by atoms with Crippen molar-refractivity contribution in [2.45, 2.75) is 57.9 Å². The Labute approximate surface area is 162 Å². The van der Waals surface area contributed by atoms with Gasteiger partial charge in [-0.2, -0.15) is 0 Å². The third kappa shape index (κ3) is 6.47. The van der Waals surface area contributed by atoms with Gasteiger partial charge in [0.25, 0.3) is 0 Å². The number of carbonyl (C=O) groups excluding carboxylic acids is 1. The summed E-state index contributed by atoms with van der Waals surface area (Å²) >= 11 is 12.0. The van der Waals surface area contributed by atoms with Crippen LogP contribution in [0.4, 0.5) is 0 Å². The number of likely N-dealkylation sites (tertiary alicyclic amines) is 1. The normalized spacial score (nSPS) is 15.8. The van der Waals surface area contributed by atoms with Gasteiger partial charge in [-0.25, -0.2) is 0 Å². The second kappa shape index (κ2) is 10.4. The molecule has 1 aliphatic heterocycles. The third-order valence-corrected chi connectivity index (χ3v) is 5.88. The molecule has 1 aliphatic rings. The predicted molar refractivity (Wildman–Crippen MR) is 107 cm³/mol. The summed E-state index contributed by atoms with van der Waals surface area (Å²) in [5, 5.41) is 1.04. The number of carbonyl (C=O) groups is 1. The Morgan fingerprint density at radius 2 is 1.88 bits per heavy atom. The van der Waals surface area contributed by atoms with E-state index in [-0.39, 0.29) is 5.91 Å². The van der Waals surface area contributed by atoms with Crippen LogP contribution < -0.4 is 0 Å². The van der Waals surface area contributed by atoms with E-state index in [0.29, 0.717) is 22.5 Å². The monoisotopic (exact) mass is 384 g/mol.